The maximum atomic E-state index is 4.62. The van der Waals surface area contributed by atoms with Crippen molar-refractivity contribution >= 4 is 28.6 Å². The highest BCUT2D eigenvalue weighted by atomic mass is 32.1. The number of rotatable bonds is 7. The van der Waals surface area contributed by atoms with Gasteiger partial charge in [0, 0.05) is 29.8 Å². The third kappa shape index (κ3) is 5.58. The first-order valence-electron chi connectivity index (χ1n) is 8.00. The predicted molar refractivity (Wildman–Crippen MR) is 99.6 cm³/mol. The highest BCUT2D eigenvalue weighted by Crippen LogP contribution is 2.16. The Balaban J connectivity index is 1.85. The van der Waals surface area contributed by atoms with E-state index in [0.29, 0.717) is 6.54 Å². The van der Waals surface area contributed by atoms with Gasteiger partial charge in [-0.25, -0.2) is 15.0 Å². The van der Waals surface area contributed by atoms with Gasteiger partial charge in [-0.15, -0.1) is 22.7 Å². The molecule has 0 aliphatic rings. The molecule has 0 aromatic carbocycles. The van der Waals surface area contributed by atoms with Crippen LogP contribution in [0, 0.1) is 13.8 Å². The summed E-state index contributed by atoms with van der Waals surface area (Å²) in [6, 6.07) is 0. The fourth-order valence-electron chi connectivity index (χ4n) is 2.03. The molecule has 0 radical (unpaired) electrons. The summed E-state index contributed by atoms with van der Waals surface area (Å²) < 4.78 is 0. The third-order valence-electron chi connectivity index (χ3n) is 3.36. The van der Waals surface area contributed by atoms with Crippen LogP contribution in [-0.2, 0) is 19.4 Å². The van der Waals surface area contributed by atoms with Crippen molar-refractivity contribution in [2.45, 2.75) is 47.1 Å². The Morgan fingerprint density at radius 2 is 2.00 bits per heavy atom. The Morgan fingerprint density at radius 1 is 1.17 bits per heavy atom. The molecule has 2 aromatic heterocycles. The van der Waals surface area contributed by atoms with Gasteiger partial charge in [0.15, 0.2) is 5.96 Å². The van der Waals surface area contributed by atoms with Gasteiger partial charge in [0.2, 0.25) is 0 Å². The molecule has 0 spiro atoms. The van der Waals surface area contributed by atoms with E-state index in [0.717, 1.165) is 48.3 Å². The Bertz CT molecular complexity index is 625. The molecule has 7 heteroatoms. The van der Waals surface area contributed by atoms with Gasteiger partial charge in [-0.05, 0) is 27.2 Å². The highest BCUT2D eigenvalue weighted by molar-refractivity contribution is 7.11. The minimum absolute atomic E-state index is 0.616. The number of guanidine groups is 1. The maximum Gasteiger partial charge on any atom is 0.191 e. The van der Waals surface area contributed by atoms with Gasteiger partial charge in [0.25, 0.3) is 0 Å². The van der Waals surface area contributed by atoms with Crippen molar-refractivity contribution in [3.63, 3.8) is 0 Å². The first-order chi connectivity index (χ1) is 11.1. The van der Waals surface area contributed by atoms with Gasteiger partial charge in [-0.1, -0.05) is 6.92 Å². The van der Waals surface area contributed by atoms with E-state index in [1.54, 1.807) is 22.7 Å². The van der Waals surface area contributed by atoms with Crippen molar-refractivity contribution in [1.29, 1.82) is 0 Å². The van der Waals surface area contributed by atoms with Crippen molar-refractivity contribution in [3.05, 3.63) is 31.7 Å². The number of thiazole rings is 2. The van der Waals surface area contributed by atoms with Gasteiger partial charge in [-0.2, -0.15) is 0 Å². The van der Waals surface area contributed by atoms with E-state index in [2.05, 4.69) is 51.7 Å². The summed E-state index contributed by atoms with van der Waals surface area (Å²) in [5.74, 6) is 0.837. The topological polar surface area (TPSA) is 62.2 Å². The number of nitrogens with zero attached hydrogens (tertiary/aromatic N) is 3. The zero-order valence-electron chi connectivity index (χ0n) is 14.3. The SMILES string of the molecule is CCNC(=NCc1nc(C)c(C)s1)NCCc1csc(CC)n1. The molecule has 2 aromatic rings. The van der Waals surface area contributed by atoms with Crippen LogP contribution < -0.4 is 10.6 Å². The average Bonchev–Trinajstić information content (AvgIpc) is 3.12. The lowest BCUT2D eigenvalue weighted by atomic mass is 10.3. The molecule has 0 bridgehead atoms. The molecule has 126 valence electrons. The van der Waals surface area contributed by atoms with Crippen LogP contribution in [0.25, 0.3) is 0 Å². The number of aliphatic imine (C=N–C) groups is 1. The Kier molecular flexibility index (Phi) is 6.98. The van der Waals surface area contributed by atoms with Crippen LogP contribution in [-0.4, -0.2) is 29.0 Å². The number of nitrogens with one attached hydrogen (secondary N) is 2. The molecular formula is C16H25N5S2. The van der Waals surface area contributed by atoms with Crippen molar-refractivity contribution in [2.24, 2.45) is 4.99 Å². The maximum absolute atomic E-state index is 4.62. The molecule has 0 saturated heterocycles. The van der Waals surface area contributed by atoms with Gasteiger partial charge in [-0.3, -0.25) is 0 Å². The molecule has 0 fully saturated rings. The molecular weight excluding hydrogens is 326 g/mol. The third-order valence-corrected chi connectivity index (χ3v) is 5.46. The van der Waals surface area contributed by atoms with Gasteiger partial charge >= 0.3 is 0 Å². The molecule has 0 amide bonds. The van der Waals surface area contributed by atoms with E-state index < -0.39 is 0 Å². The number of aromatic nitrogens is 2. The van der Waals surface area contributed by atoms with Gasteiger partial charge < -0.3 is 10.6 Å². The molecule has 2 N–H and O–H groups in total. The Morgan fingerprint density at radius 3 is 2.61 bits per heavy atom. The van der Waals surface area contributed by atoms with Crippen LogP contribution >= 0.6 is 22.7 Å². The fraction of sp³-hybridized carbons (Fsp3) is 0.562. The summed E-state index contributed by atoms with van der Waals surface area (Å²) in [5, 5.41) is 11.1. The summed E-state index contributed by atoms with van der Waals surface area (Å²) in [4.78, 5) is 15.0. The van der Waals surface area contributed by atoms with Crippen LogP contribution in [0.4, 0.5) is 0 Å². The monoisotopic (exact) mass is 351 g/mol. The number of aryl methyl sites for hydroxylation is 3. The van der Waals surface area contributed by atoms with Crippen LogP contribution in [0.2, 0.25) is 0 Å². The molecule has 2 heterocycles. The molecule has 0 aliphatic carbocycles. The van der Waals surface area contributed by atoms with Crippen molar-refractivity contribution in [2.75, 3.05) is 13.1 Å². The Hall–Kier alpha value is -1.47. The highest BCUT2D eigenvalue weighted by Gasteiger charge is 2.04. The second kappa shape index (κ2) is 8.98. The largest absolute Gasteiger partial charge is 0.357 e. The van der Waals surface area contributed by atoms with Crippen LogP contribution in [0.3, 0.4) is 0 Å². The second-order valence-corrected chi connectivity index (χ2v) is 7.44. The standard InChI is InChI=1S/C16H25N5S2/c1-5-14-21-13(10-22-14)7-8-18-16(17-6-2)19-9-15-20-11(3)12(4)23-15/h10H,5-9H2,1-4H3,(H2,17,18,19). The molecule has 0 unspecified atom stereocenters. The molecule has 23 heavy (non-hydrogen) atoms. The summed E-state index contributed by atoms with van der Waals surface area (Å²) in [5.41, 5.74) is 2.26. The molecule has 0 aliphatic heterocycles. The molecule has 0 saturated carbocycles. The summed E-state index contributed by atoms with van der Waals surface area (Å²) in [6.07, 6.45) is 1.92. The number of hydrogen-bond acceptors (Lipinski definition) is 5. The average molecular weight is 352 g/mol. The first-order valence-corrected chi connectivity index (χ1v) is 9.70. The molecule has 0 atom stereocenters. The fourth-order valence-corrected chi connectivity index (χ4v) is 3.67. The van der Waals surface area contributed by atoms with E-state index in [1.165, 1.54) is 9.88 Å². The van der Waals surface area contributed by atoms with E-state index in [-0.39, 0.29) is 0 Å². The summed E-state index contributed by atoms with van der Waals surface area (Å²) >= 11 is 3.46. The lowest BCUT2D eigenvalue weighted by molar-refractivity contribution is 0.788. The van der Waals surface area contributed by atoms with Crippen molar-refractivity contribution < 1.29 is 0 Å². The van der Waals surface area contributed by atoms with Crippen LogP contribution in [0.1, 0.15) is 40.1 Å². The minimum Gasteiger partial charge on any atom is -0.357 e. The van der Waals surface area contributed by atoms with Crippen molar-refractivity contribution in [1.82, 2.24) is 20.6 Å². The zero-order valence-corrected chi connectivity index (χ0v) is 15.9. The lowest BCUT2D eigenvalue weighted by Gasteiger charge is -2.10. The second-order valence-electron chi connectivity index (χ2n) is 5.21. The van der Waals surface area contributed by atoms with Crippen LogP contribution in [0.15, 0.2) is 10.4 Å². The van der Waals surface area contributed by atoms with E-state index >= 15 is 0 Å². The lowest BCUT2D eigenvalue weighted by Crippen LogP contribution is -2.38. The zero-order chi connectivity index (χ0) is 16.7. The first kappa shape index (κ1) is 17.9. The quantitative estimate of drug-likeness (QED) is 0.594. The van der Waals surface area contributed by atoms with Gasteiger partial charge in [0.05, 0.1) is 22.9 Å². The predicted octanol–water partition coefficient (Wildman–Crippen LogP) is 3.08. The minimum atomic E-state index is 0.616. The van der Waals surface area contributed by atoms with Gasteiger partial charge in [0.1, 0.15) is 5.01 Å². The van der Waals surface area contributed by atoms with E-state index in [1.807, 2.05) is 6.92 Å². The molecule has 2 rings (SSSR count). The normalized spacial score (nSPS) is 11.7. The number of hydrogen-bond donors (Lipinski definition) is 2. The summed E-state index contributed by atoms with van der Waals surface area (Å²) in [6.45, 7) is 10.6. The van der Waals surface area contributed by atoms with E-state index in [9.17, 15) is 0 Å². The summed E-state index contributed by atoms with van der Waals surface area (Å²) in [7, 11) is 0. The van der Waals surface area contributed by atoms with E-state index in [4.69, 9.17) is 0 Å². The molecule has 5 nitrogen and oxygen atoms in total. The smallest absolute Gasteiger partial charge is 0.191 e. The Labute approximate surface area is 146 Å². The van der Waals surface area contributed by atoms with Crippen LogP contribution in [0.5, 0.6) is 0 Å². The van der Waals surface area contributed by atoms with Crippen molar-refractivity contribution in [3.8, 4) is 0 Å².